The molecule has 1 heterocycles. The number of sulfonamides is 1. The maximum Gasteiger partial charge on any atom is 0.255 e. The van der Waals surface area contributed by atoms with E-state index in [9.17, 15) is 22.7 Å². The minimum atomic E-state index is -3.80. The van der Waals surface area contributed by atoms with E-state index >= 15 is 0 Å². The first kappa shape index (κ1) is 24.1. The lowest BCUT2D eigenvalue weighted by Gasteiger charge is -2.21. The molecule has 0 bridgehead atoms. The Morgan fingerprint density at radius 1 is 1.35 bits per heavy atom. The summed E-state index contributed by atoms with van der Waals surface area (Å²) in [5.41, 5.74) is 1.02. The van der Waals surface area contributed by atoms with Crippen molar-refractivity contribution in [1.82, 2.24) is 9.29 Å². The maximum atomic E-state index is 14.4. The summed E-state index contributed by atoms with van der Waals surface area (Å²) in [5, 5.41) is 21.7. The molecule has 3 rings (SSSR count). The zero-order valence-corrected chi connectivity index (χ0v) is 20.1. The Balaban J connectivity index is 1.90. The van der Waals surface area contributed by atoms with Gasteiger partial charge in [0.15, 0.2) is 0 Å². The molecule has 1 fully saturated rings. The number of nitrogens with one attached hydrogen (secondary N) is 2. The molecule has 11 heteroatoms. The summed E-state index contributed by atoms with van der Waals surface area (Å²) in [7, 11) is -2.24. The topological polar surface area (TPSA) is 121 Å². The van der Waals surface area contributed by atoms with Gasteiger partial charge in [-0.15, -0.1) is 0 Å². The molecule has 0 saturated heterocycles. The van der Waals surface area contributed by atoms with Crippen molar-refractivity contribution in [2.45, 2.75) is 43.6 Å². The molecule has 0 radical (unpaired) electrons. The van der Waals surface area contributed by atoms with Gasteiger partial charge in [0.1, 0.15) is 5.82 Å². The molecule has 1 unspecified atom stereocenters. The van der Waals surface area contributed by atoms with Crippen molar-refractivity contribution in [3.05, 3.63) is 55.3 Å². The summed E-state index contributed by atoms with van der Waals surface area (Å²) in [6.45, 7) is 0.961. The van der Waals surface area contributed by atoms with Gasteiger partial charge in [-0.05, 0) is 67.0 Å². The summed E-state index contributed by atoms with van der Waals surface area (Å²) < 4.78 is 43.6. The first-order valence-corrected chi connectivity index (χ1v) is 12.3. The standard InChI is InChI=1S/C20H25FIN3O5S/c1-12-18(24-17-4-3-14(22)7-16(17)21)13(10-25(2)19(12)28)9-23-31(29,30)20(5-6-20)8-15(27)11-26/h3-4,7,10,15,23-24,26-27H,5-6,8-9,11H2,1-2H3. The van der Waals surface area contributed by atoms with E-state index in [0.29, 0.717) is 33.2 Å². The van der Waals surface area contributed by atoms with Gasteiger partial charge in [0.2, 0.25) is 10.0 Å². The summed E-state index contributed by atoms with van der Waals surface area (Å²) in [4.78, 5) is 12.4. The van der Waals surface area contributed by atoms with E-state index < -0.39 is 33.3 Å². The summed E-state index contributed by atoms with van der Waals surface area (Å²) in [6.07, 6.45) is 1.13. The number of aliphatic hydroxyl groups is 2. The van der Waals surface area contributed by atoms with Crippen LogP contribution in [0.25, 0.3) is 0 Å². The molecular weight excluding hydrogens is 540 g/mol. The highest BCUT2D eigenvalue weighted by Gasteiger charge is 2.55. The van der Waals surface area contributed by atoms with Crippen LogP contribution < -0.4 is 15.6 Å². The lowest BCUT2D eigenvalue weighted by molar-refractivity contribution is 0.0857. The normalized spacial score (nSPS) is 16.2. The third-order valence-electron chi connectivity index (χ3n) is 5.53. The number of aromatic nitrogens is 1. The molecule has 170 valence electrons. The van der Waals surface area contributed by atoms with Crippen molar-refractivity contribution in [1.29, 1.82) is 0 Å². The van der Waals surface area contributed by atoms with Crippen LogP contribution in [0.4, 0.5) is 15.8 Å². The SMILES string of the molecule is Cc1c(Nc2ccc(I)cc2F)c(CNS(=O)(=O)C2(CC(O)CO)CC2)cn(C)c1=O. The highest BCUT2D eigenvalue weighted by Crippen LogP contribution is 2.47. The number of aliphatic hydroxyl groups excluding tert-OH is 2. The third-order valence-corrected chi connectivity index (χ3v) is 8.44. The minimum absolute atomic E-state index is 0.0515. The van der Waals surface area contributed by atoms with Gasteiger partial charge in [-0.1, -0.05) is 0 Å². The van der Waals surface area contributed by atoms with Crippen LogP contribution in [-0.4, -0.2) is 40.7 Å². The highest BCUT2D eigenvalue weighted by molar-refractivity contribution is 14.1. The van der Waals surface area contributed by atoms with Crippen LogP contribution in [0.1, 0.15) is 30.4 Å². The zero-order chi connectivity index (χ0) is 23.0. The van der Waals surface area contributed by atoms with Crippen LogP contribution >= 0.6 is 22.6 Å². The second-order valence-electron chi connectivity index (χ2n) is 7.87. The van der Waals surface area contributed by atoms with Crippen molar-refractivity contribution in [3.63, 3.8) is 0 Å². The Kier molecular flexibility index (Phi) is 7.11. The van der Waals surface area contributed by atoms with Crippen LogP contribution in [0.5, 0.6) is 0 Å². The van der Waals surface area contributed by atoms with Gasteiger partial charge in [0.25, 0.3) is 5.56 Å². The van der Waals surface area contributed by atoms with E-state index in [2.05, 4.69) is 10.0 Å². The van der Waals surface area contributed by atoms with Gasteiger partial charge in [-0.3, -0.25) is 4.79 Å². The molecular formula is C20H25FIN3O5S. The fourth-order valence-corrected chi connectivity index (χ4v) is 5.70. The van der Waals surface area contributed by atoms with Gasteiger partial charge < -0.3 is 20.1 Å². The first-order valence-electron chi connectivity index (χ1n) is 9.69. The Labute approximate surface area is 193 Å². The molecule has 1 atom stereocenters. The van der Waals surface area contributed by atoms with Gasteiger partial charge >= 0.3 is 0 Å². The second-order valence-corrected chi connectivity index (χ2v) is 11.3. The van der Waals surface area contributed by atoms with E-state index in [1.807, 2.05) is 22.6 Å². The molecule has 1 aliphatic rings. The number of aryl methyl sites for hydroxylation is 1. The number of benzene rings is 1. The Bertz CT molecular complexity index is 1150. The molecule has 0 aliphatic heterocycles. The van der Waals surface area contributed by atoms with E-state index in [1.54, 1.807) is 26.1 Å². The lowest BCUT2D eigenvalue weighted by atomic mass is 10.1. The van der Waals surface area contributed by atoms with Gasteiger partial charge in [-0.25, -0.2) is 17.5 Å². The number of anilines is 2. The van der Waals surface area contributed by atoms with Gasteiger partial charge in [0.05, 0.1) is 28.8 Å². The van der Waals surface area contributed by atoms with E-state index in [4.69, 9.17) is 5.11 Å². The monoisotopic (exact) mass is 565 g/mol. The molecule has 8 nitrogen and oxygen atoms in total. The smallest absolute Gasteiger partial charge is 0.255 e. The molecule has 1 aromatic heterocycles. The number of halogens is 2. The molecule has 4 N–H and O–H groups in total. The average molecular weight is 565 g/mol. The number of pyridine rings is 1. The van der Waals surface area contributed by atoms with Crippen LogP contribution in [0.2, 0.25) is 0 Å². The predicted octanol–water partition coefficient (Wildman–Crippen LogP) is 1.88. The van der Waals surface area contributed by atoms with Crippen molar-refractivity contribution in [2.75, 3.05) is 11.9 Å². The fraction of sp³-hybridized carbons (Fsp3) is 0.450. The van der Waals surface area contributed by atoms with Gasteiger partial charge in [0, 0.05) is 34.5 Å². The summed E-state index contributed by atoms with van der Waals surface area (Å²) in [6, 6.07) is 4.62. The molecule has 2 aromatic rings. The van der Waals surface area contributed by atoms with Crippen molar-refractivity contribution in [2.24, 2.45) is 7.05 Å². The Morgan fingerprint density at radius 3 is 2.61 bits per heavy atom. The average Bonchev–Trinajstić information content (AvgIpc) is 3.50. The molecule has 1 aliphatic carbocycles. The lowest BCUT2D eigenvalue weighted by Crippen LogP contribution is -2.39. The second kappa shape index (κ2) is 9.14. The number of hydrogen-bond acceptors (Lipinski definition) is 6. The maximum absolute atomic E-state index is 14.4. The fourth-order valence-electron chi connectivity index (χ4n) is 3.54. The molecule has 1 saturated carbocycles. The molecule has 0 amide bonds. The summed E-state index contributed by atoms with van der Waals surface area (Å²) >= 11 is 1.99. The quantitative estimate of drug-likeness (QED) is 0.345. The van der Waals surface area contributed by atoms with E-state index in [1.165, 1.54) is 16.8 Å². The van der Waals surface area contributed by atoms with Crippen LogP contribution in [0.3, 0.4) is 0 Å². The minimum Gasteiger partial charge on any atom is -0.394 e. The molecule has 31 heavy (non-hydrogen) atoms. The number of hydrogen-bond donors (Lipinski definition) is 4. The van der Waals surface area contributed by atoms with Crippen LogP contribution in [0.15, 0.2) is 29.2 Å². The molecule has 1 aromatic carbocycles. The van der Waals surface area contributed by atoms with Crippen molar-refractivity contribution in [3.8, 4) is 0 Å². The largest absolute Gasteiger partial charge is 0.394 e. The third kappa shape index (κ3) is 5.11. The predicted molar refractivity (Wildman–Crippen MR) is 124 cm³/mol. The number of nitrogens with zero attached hydrogens (tertiary/aromatic N) is 1. The Hall–Kier alpha value is -1.54. The number of rotatable bonds is 9. The van der Waals surface area contributed by atoms with E-state index in [0.717, 1.165) is 0 Å². The van der Waals surface area contributed by atoms with Crippen molar-refractivity contribution < 1.29 is 23.0 Å². The van der Waals surface area contributed by atoms with Crippen molar-refractivity contribution >= 4 is 44.0 Å². The molecule has 0 spiro atoms. The Morgan fingerprint density at radius 2 is 2.03 bits per heavy atom. The van der Waals surface area contributed by atoms with Crippen LogP contribution in [0, 0.1) is 16.3 Å². The zero-order valence-electron chi connectivity index (χ0n) is 17.2. The highest BCUT2D eigenvalue weighted by atomic mass is 127. The van der Waals surface area contributed by atoms with Gasteiger partial charge in [-0.2, -0.15) is 0 Å². The van der Waals surface area contributed by atoms with Crippen LogP contribution in [-0.2, 0) is 23.6 Å². The summed E-state index contributed by atoms with van der Waals surface area (Å²) in [5.74, 6) is -0.492. The van der Waals surface area contributed by atoms with E-state index in [-0.39, 0.29) is 24.2 Å². The first-order chi connectivity index (χ1) is 14.5.